The van der Waals surface area contributed by atoms with Crippen LogP contribution in [0.3, 0.4) is 0 Å². The van der Waals surface area contributed by atoms with E-state index in [-0.39, 0.29) is 0 Å². The van der Waals surface area contributed by atoms with Crippen molar-refractivity contribution in [1.82, 2.24) is 4.90 Å². The summed E-state index contributed by atoms with van der Waals surface area (Å²) in [6.07, 6.45) is 3.31. The van der Waals surface area contributed by atoms with Crippen molar-refractivity contribution in [3.63, 3.8) is 0 Å². The molecule has 112 valence electrons. The number of fused-ring (bicyclic) bond motifs is 3. The lowest BCUT2D eigenvalue weighted by Crippen LogP contribution is -2.34. The van der Waals surface area contributed by atoms with Gasteiger partial charge < -0.3 is 5.32 Å². The lowest BCUT2D eigenvalue weighted by atomic mass is 9.81. The van der Waals surface area contributed by atoms with Crippen LogP contribution in [0.4, 0.5) is 5.69 Å². The Morgan fingerprint density at radius 2 is 1.82 bits per heavy atom. The molecule has 2 aromatic rings. The Hall–Kier alpha value is -2.13. The molecule has 1 fully saturated rings. The molecule has 2 heterocycles. The third-order valence-corrected chi connectivity index (χ3v) is 5.05. The maximum atomic E-state index is 10.5. The standard InChI is InChI=1S/C19H20N2O/c22-13-20-15-9-7-14(8-10-15)18-12-21-11-3-6-19(21)17-5-2-1-4-16(17)18/h1-2,4-5,7-10,13,18-19H,3,6,11-12H2,(H,20,22)/t18-,19+/m0/s1. The van der Waals surface area contributed by atoms with Crippen molar-refractivity contribution >= 4 is 12.1 Å². The van der Waals surface area contributed by atoms with Crippen molar-refractivity contribution in [1.29, 1.82) is 0 Å². The van der Waals surface area contributed by atoms with E-state index in [1.54, 1.807) is 0 Å². The van der Waals surface area contributed by atoms with Crippen molar-refractivity contribution in [3.05, 3.63) is 65.2 Å². The third kappa shape index (κ3) is 2.22. The van der Waals surface area contributed by atoms with Crippen LogP contribution < -0.4 is 5.32 Å². The zero-order chi connectivity index (χ0) is 14.9. The molecular weight excluding hydrogens is 272 g/mol. The minimum atomic E-state index is 0.427. The summed E-state index contributed by atoms with van der Waals surface area (Å²) < 4.78 is 0. The molecule has 22 heavy (non-hydrogen) atoms. The predicted molar refractivity (Wildman–Crippen MR) is 88.0 cm³/mol. The summed E-state index contributed by atoms with van der Waals surface area (Å²) in [5, 5.41) is 2.70. The number of hydrogen-bond donors (Lipinski definition) is 1. The molecule has 4 rings (SSSR count). The van der Waals surface area contributed by atoms with E-state index in [1.807, 2.05) is 12.1 Å². The predicted octanol–water partition coefficient (Wildman–Crippen LogP) is 3.54. The molecule has 0 radical (unpaired) electrons. The SMILES string of the molecule is O=CNc1ccc([C@@H]2CN3CCC[C@@H]3c3ccccc32)cc1. The Morgan fingerprint density at radius 3 is 2.59 bits per heavy atom. The third-order valence-electron chi connectivity index (χ3n) is 5.05. The van der Waals surface area contributed by atoms with Gasteiger partial charge in [-0.1, -0.05) is 36.4 Å². The molecule has 2 atom stereocenters. The van der Waals surface area contributed by atoms with Crippen molar-refractivity contribution in [3.8, 4) is 0 Å². The largest absolute Gasteiger partial charge is 0.329 e. The number of nitrogens with zero attached hydrogens (tertiary/aromatic N) is 1. The maximum Gasteiger partial charge on any atom is 0.211 e. The van der Waals surface area contributed by atoms with E-state index in [2.05, 4.69) is 46.6 Å². The monoisotopic (exact) mass is 292 g/mol. The molecule has 1 saturated heterocycles. The van der Waals surface area contributed by atoms with Gasteiger partial charge >= 0.3 is 0 Å². The van der Waals surface area contributed by atoms with Crippen LogP contribution in [-0.4, -0.2) is 24.4 Å². The highest BCUT2D eigenvalue weighted by atomic mass is 16.1. The van der Waals surface area contributed by atoms with E-state index < -0.39 is 0 Å². The minimum absolute atomic E-state index is 0.427. The Morgan fingerprint density at radius 1 is 1.05 bits per heavy atom. The van der Waals surface area contributed by atoms with Crippen LogP contribution in [0.1, 0.15) is 41.5 Å². The smallest absolute Gasteiger partial charge is 0.211 e. The van der Waals surface area contributed by atoms with Crippen LogP contribution >= 0.6 is 0 Å². The summed E-state index contributed by atoms with van der Waals surface area (Å²) in [4.78, 5) is 13.2. The molecule has 1 amide bonds. The van der Waals surface area contributed by atoms with Crippen molar-refractivity contribution in [2.75, 3.05) is 18.4 Å². The molecule has 2 aliphatic heterocycles. The average molecular weight is 292 g/mol. The Balaban J connectivity index is 1.72. The molecule has 3 heteroatoms. The first-order valence-corrected chi connectivity index (χ1v) is 8.00. The van der Waals surface area contributed by atoms with Gasteiger partial charge in [-0.3, -0.25) is 9.69 Å². The normalized spacial score (nSPS) is 23.6. The van der Waals surface area contributed by atoms with Crippen LogP contribution in [0.2, 0.25) is 0 Å². The van der Waals surface area contributed by atoms with Crippen LogP contribution in [-0.2, 0) is 4.79 Å². The first-order valence-electron chi connectivity index (χ1n) is 8.00. The number of anilines is 1. The number of rotatable bonds is 3. The number of carbonyl (C=O) groups is 1. The van der Waals surface area contributed by atoms with Gasteiger partial charge in [-0.05, 0) is 48.2 Å². The van der Waals surface area contributed by atoms with Crippen LogP contribution in [0, 0.1) is 0 Å². The maximum absolute atomic E-state index is 10.5. The number of amides is 1. The minimum Gasteiger partial charge on any atom is -0.329 e. The summed E-state index contributed by atoms with van der Waals surface area (Å²) in [5.41, 5.74) is 5.16. The highest BCUT2D eigenvalue weighted by molar-refractivity contribution is 5.71. The fourth-order valence-corrected chi connectivity index (χ4v) is 4.03. The number of nitrogens with one attached hydrogen (secondary N) is 1. The number of hydrogen-bond acceptors (Lipinski definition) is 2. The van der Waals surface area contributed by atoms with Gasteiger partial charge in [0.2, 0.25) is 6.41 Å². The molecule has 1 N–H and O–H groups in total. The molecule has 2 aromatic carbocycles. The summed E-state index contributed by atoms with van der Waals surface area (Å²) in [6.45, 7) is 2.31. The molecule has 0 spiro atoms. The topological polar surface area (TPSA) is 32.3 Å². The van der Waals surface area contributed by atoms with Gasteiger partial charge in [-0.2, -0.15) is 0 Å². The van der Waals surface area contributed by atoms with E-state index >= 15 is 0 Å². The molecule has 0 unspecified atom stereocenters. The van der Waals surface area contributed by atoms with Gasteiger partial charge in [0.1, 0.15) is 0 Å². The van der Waals surface area contributed by atoms with Crippen LogP contribution in [0.15, 0.2) is 48.5 Å². The molecule has 0 saturated carbocycles. The van der Waals surface area contributed by atoms with Gasteiger partial charge in [0, 0.05) is 24.2 Å². The molecule has 0 bridgehead atoms. The second kappa shape index (κ2) is 5.58. The number of carbonyl (C=O) groups excluding carboxylic acids is 1. The summed E-state index contributed by atoms with van der Waals surface area (Å²) in [6, 6.07) is 17.8. The fraction of sp³-hybridized carbons (Fsp3) is 0.316. The second-order valence-corrected chi connectivity index (χ2v) is 6.22. The highest BCUT2D eigenvalue weighted by Gasteiger charge is 2.35. The summed E-state index contributed by atoms with van der Waals surface area (Å²) in [7, 11) is 0. The Kier molecular flexibility index (Phi) is 3.43. The van der Waals surface area contributed by atoms with Crippen molar-refractivity contribution in [2.45, 2.75) is 24.8 Å². The van der Waals surface area contributed by atoms with Gasteiger partial charge in [0.15, 0.2) is 0 Å². The molecule has 0 aromatic heterocycles. The Labute approximate surface area is 131 Å². The lowest BCUT2D eigenvalue weighted by molar-refractivity contribution is -0.105. The van der Waals surface area contributed by atoms with E-state index in [1.165, 1.54) is 36.1 Å². The van der Waals surface area contributed by atoms with Crippen molar-refractivity contribution < 1.29 is 4.79 Å². The zero-order valence-corrected chi connectivity index (χ0v) is 12.5. The summed E-state index contributed by atoms with van der Waals surface area (Å²) in [5.74, 6) is 0.427. The summed E-state index contributed by atoms with van der Waals surface area (Å²) >= 11 is 0. The van der Waals surface area contributed by atoms with Crippen LogP contribution in [0.25, 0.3) is 0 Å². The highest BCUT2D eigenvalue weighted by Crippen LogP contribution is 2.44. The Bertz CT molecular complexity index is 680. The van der Waals surface area contributed by atoms with Gasteiger partial charge in [0.25, 0.3) is 0 Å². The first-order chi connectivity index (χ1) is 10.9. The average Bonchev–Trinajstić information content (AvgIpc) is 3.04. The second-order valence-electron chi connectivity index (χ2n) is 6.22. The number of benzene rings is 2. The molecular formula is C19H20N2O. The van der Waals surface area contributed by atoms with Gasteiger partial charge in [-0.25, -0.2) is 0 Å². The zero-order valence-electron chi connectivity index (χ0n) is 12.5. The van der Waals surface area contributed by atoms with E-state index in [0.717, 1.165) is 18.6 Å². The molecule has 2 aliphatic rings. The first kappa shape index (κ1) is 13.5. The van der Waals surface area contributed by atoms with E-state index in [4.69, 9.17) is 0 Å². The molecule has 3 nitrogen and oxygen atoms in total. The van der Waals surface area contributed by atoms with Crippen molar-refractivity contribution in [2.24, 2.45) is 0 Å². The fourth-order valence-electron chi connectivity index (χ4n) is 4.03. The quantitative estimate of drug-likeness (QED) is 0.878. The lowest BCUT2D eigenvalue weighted by Gasteiger charge is -2.37. The molecule has 0 aliphatic carbocycles. The van der Waals surface area contributed by atoms with Gasteiger partial charge in [0.05, 0.1) is 0 Å². The van der Waals surface area contributed by atoms with Gasteiger partial charge in [-0.15, -0.1) is 0 Å². The van der Waals surface area contributed by atoms with Crippen LogP contribution in [0.5, 0.6) is 0 Å². The van der Waals surface area contributed by atoms with E-state index in [0.29, 0.717) is 12.0 Å². The van der Waals surface area contributed by atoms with E-state index in [9.17, 15) is 4.79 Å².